The zero-order valence-corrected chi connectivity index (χ0v) is 8.56. The van der Waals surface area contributed by atoms with E-state index in [1.165, 1.54) is 26.1 Å². The molecule has 0 unspecified atom stereocenters. The third kappa shape index (κ3) is 5.74. The lowest BCUT2D eigenvalue weighted by molar-refractivity contribution is 0.523. The summed E-state index contributed by atoms with van der Waals surface area (Å²) in [5.41, 5.74) is 0. The van der Waals surface area contributed by atoms with Crippen LogP contribution in [0.5, 0.6) is 0 Å². The Morgan fingerprint density at radius 1 is 1.45 bits per heavy atom. The molecule has 0 radical (unpaired) electrons. The van der Waals surface area contributed by atoms with E-state index in [9.17, 15) is 0 Å². The summed E-state index contributed by atoms with van der Waals surface area (Å²) in [5, 5.41) is 6.69. The summed E-state index contributed by atoms with van der Waals surface area (Å²) in [6.45, 7) is 6.89. The van der Waals surface area contributed by atoms with E-state index in [1.807, 2.05) is 0 Å². The first-order chi connectivity index (χ1) is 4.43. The molecule has 0 aromatic carbocycles. The molecule has 0 spiro atoms. The van der Waals surface area contributed by atoms with Gasteiger partial charge in [0.25, 0.3) is 0 Å². The first-order valence-electron chi connectivity index (χ1n) is 3.85. The Kier molecular flexibility index (Phi) is 11.0. The molecule has 0 bridgehead atoms. The SMILES string of the molecule is CCNC[C@@H]1CCNC1.Cl.Cl. The van der Waals surface area contributed by atoms with Crippen molar-refractivity contribution in [1.29, 1.82) is 0 Å². The Hall–Kier alpha value is 0.500. The largest absolute Gasteiger partial charge is 0.317 e. The molecule has 2 nitrogen and oxygen atoms in total. The smallest absolute Gasteiger partial charge is 0.000790 e. The first-order valence-corrected chi connectivity index (χ1v) is 3.85. The molecule has 1 aliphatic rings. The van der Waals surface area contributed by atoms with Crippen LogP contribution in [0.2, 0.25) is 0 Å². The van der Waals surface area contributed by atoms with Crippen LogP contribution in [0.25, 0.3) is 0 Å². The van der Waals surface area contributed by atoms with Crippen molar-refractivity contribution < 1.29 is 0 Å². The van der Waals surface area contributed by atoms with Crippen molar-refractivity contribution in [2.45, 2.75) is 13.3 Å². The average molecular weight is 201 g/mol. The van der Waals surface area contributed by atoms with E-state index >= 15 is 0 Å². The molecule has 0 aliphatic carbocycles. The summed E-state index contributed by atoms with van der Waals surface area (Å²) in [5.74, 6) is 0.893. The monoisotopic (exact) mass is 200 g/mol. The fourth-order valence-electron chi connectivity index (χ4n) is 1.24. The van der Waals surface area contributed by atoms with E-state index in [0.29, 0.717) is 0 Å². The van der Waals surface area contributed by atoms with E-state index in [-0.39, 0.29) is 24.8 Å². The Balaban J connectivity index is 0. The average Bonchev–Trinajstić information content (AvgIpc) is 2.34. The molecule has 0 saturated carbocycles. The summed E-state index contributed by atoms with van der Waals surface area (Å²) in [6, 6.07) is 0. The maximum atomic E-state index is 3.35. The number of nitrogens with one attached hydrogen (secondary N) is 2. The number of hydrogen-bond acceptors (Lipinski definition) is 2. The molecule has 1 rings (SSSR count). The standard InChI is InChI=1S/C7H16N2.2ClH/c1-2-8-5-7-3-4-9-6-7;;/h7-9H,2-6H2,1H3;2*1H/t7-;;/m0../s1. The lowest BCUT2D eigenvalue weighted by Crippen LogP contribution is -2.23. The van der Waals surface area contributed by atoms with Gasteiger partial charge >= 0.3 is 0 Å². The summed E-state index contributed by atoms with van der Waals surface area (Å²) >= 11 is 0. The van der Waals surface area contributed by atoms with Gasteiger partial charge in [-0.05, 0) is 38.5 Å². The van der Waals surface area contributed by atoms with E-state index in [2.05, 4.69) is 17.6 Å². The molecule has 70 valence electrons. The van der Waals surface area contributed by atoms with Gasteiger partial charge < -0.3 is 10.6 Å². The summed E-state index contributed by atoms with van der Waals surface area (Å²) < 4.78 is 0. The molecule has 1 saturated heterocycles. The molecule has 1 atom stereocenters. The van der Waals surface area contributed by atoms with Gasteiger partial charge in [0.2, 0.25) is 0 Å². The van der Waals surface area contributed by atoms with E-state index in [4.69, 9.17) is 0 Å². The molecular formula is C7H18Cl2N2. The molecule has 4 heteroatoms. The van der Waals surface area contributed by atoms with Crippen LogP contribution in [-0.2, 0) is 0 Å². The summed E-state index contributed by atoms with van der Waals surface area (Å²) in [4.78, 5) is 0. The van der Waals surface area contributed by atoms with Gasteiger partial charge in [0.05, 0.1) is 0 Å². The molecule has 0 aromatic rings. The van der Waals surface area contributed by atoms with Gasteiger partial charge in [-0.25, -0.2) is 0 Å². The highest BCUT2D eigenvalue weighted by molar-refractivity contribution is 5.85. The molecule has 0 amide bonds. The molecule has 1 fully saturated rings. The second-order valence-corrected chi connectivity index (χ2v) is 2.67. The van der Waals surface area contributed by atoms with Gasteiger partial charge in [-0.1, -0.05) is 6.92 Å². The molecule has 1 heterocycles. The minimum Gasteiger partial charge on any atom is -0.317 e. The van der Waals surface area contributed by atoms with Gasteiger partial charge in [-0.3, -0.25) is 0 Å². The van der Waals surface area contributed by atoms with Crippen LogP contribution in [0, 0.1) is 5.92 Å². The third-order valence-corrected chi connectivity index (χ3v) is 1.85. The van der Waals surface area contributed by atoms with Crippen LogP contribution in [0.15, 0.2) is 0 Å². The maximum Gasteiger partial charge on any atom is -0.000790 e. The Labute approximate surface area is 81.3 Å². The number of hydrogen-bond donors (Lipinski definition) is 2. The highest BCUT2D eigenvalue weighted by Crippen LogP contribution is 2.04. The van der Waals surface area contributed by atoms with Gasteiger partial charge in [0.1, 0.15) is 0 Å². The highest BCUT2D eigenvalue weighted by Gasteiger charge is 2.12. The van der Waals surface area contributed by atoms with Crippen molar-refractivity contribution in [1.82, 2.24) is 10.6 Å². The quantitative estimate of drug-likeness (QED) is 0.713. The minimum atomic E-state index is 0. The fraction of sp³-hybridized carbons (Fsp3) is 1.00. The van der Waals surface area contributed by atoms with Gasteiger partial charge in [-0.15, -0.1) is 24.8 Å². The van der Waals surface area contributed by atoms with Crippen LogP contribution in [0.3, 0.4) is 0 Å². The van der Waals surface area contributed by atoms with Gasteiger partial charge in [-0.2, -0.15) is 0 Å². The van der Waals surface area contributed by atoms with Crippen LogP contribution in [0.4, 0.5) is 0 Å². The van der Waals surface area contributed by atoms with Gasteiger partial charge in [0, 0.05) is 0 Å². The van der Waals surface area contributed by atoms with Crippen LogP contribution < -0.4 is 10.6 Å². The van der Waals surface area contributed by atoms with Crippen molar-refractivity contribution in [3.05, 3.63) is 0 Å². The van der Waals surface area contributed by atoms with Crippen molar-refractivity contribution >= 4 is 24.8 Å². The van der Waals surface area contributed by atoms with Crippen LogP contribution in [0.1, 0.15) is 13.3 Å². The Bertz CT molecular complexity index is 74.8. The Morgan fingerprint density at radius 3 is 2.64 bits per heavy atom. The van der Waals surface area contributed by atoms with Crippen molar-refractivity contribution in [3.8, 4) is 0 Å². The summed E-state index contributed by atoms with van der Waals surface area (Å²) in [7, 11) is 0. The Morgan fingerprint density at radius 2 is 2.18 bits per heavy atom. The van der Waals surface area contributed by atoms with E-state index < -0.39 is 0 Å². The fourth-order valence-corrected chi connectivity index (χ4v) is 1.24. The third-order valence-electron chi connectivity index (χ3n) is 1.85. The van der Waals surface area contributed by atoms with E-state index in [0.717, 1.165) is 12.5 Å². The zero-order chi connectivity index (χ0) is 6.53. The van der Waals surface area contributed by atoms with Crippen LogP contribution in [-0.4, -0.2) is 26.2 Å². The summed E-state index contributed by atoms with van der Waals surface area (Å²) in [6.07, 6.45) is 1.35. The predicted molar refractivity (Wildman–Crippen MR) is 54.0 cm³/mol. The molecule has 2 N–H and O–H groups in total. The normalized spacial score (nSPS) is 22.1. The van der Waals surface area contributed by atoms with Gasteiger partial charge in [0.15, 0.2) is 0 Å². The lowest BCUT2D eigenvalue weighted by atomic mass is 10.1. The van der Waals surface area contributed by atoms with Crippen molar-refractivity contribution in [2.24, 2.45) is 5.92 Å². The first kappa shape index (κ1) is 14.0. The van der Waals surface area contributed by atoms with Crippen molar-refractivity contribution in [3.63, 3.8) is 0 Å². The molecular weight excluding hydrogens is 183 g/mol. The number of halogens is 2. The minimum absolute atomic E-state index is 0. The molecule has 0 aromatic heterocycles. The number of rotatable bonds is 3. The zero-order valence-electron chi connectivity index (χ0n) is 6.93. The second-order valence-electron chi connectivity index (χ2n) is 2.67. The van der Waals surface area contributed by atoms with E-state index in [1.54, 1.807) is 0 Å². The van der Waals surface area contributed by atoms with Crippen molar-refractivity contribution in [2.75, 3.05) is 26.2 Å². The maximum absolute atomic E-state index is 3.35. The predicted octanol–water partition coefficient (Wildman–Crippen LogP) is 1.05. The topological polar surface area (TPSA) is 24.1 Å². The lowest BCUT2D eigenvalue weighted by Gasteiger charge is -2.06. The molecule has 1 aliphatic heterocycles. The molecule has 11 heavy (non-hydrogen) atoms. The highest BCUT2D eigenvalue weighted by atomic mass is 35.5. The van der Waals surface area contributed by atoms with Crippen LogP contribution >= 0.6 is 24.8 Å². The second kappa shape index (κ2) is 8.60.